The van der Waals surface area contributed by atoms with E-state index in [1.807, 2.05) is 25.1 Å². The first-order chi connectivity index (χ1) is 24.4. The molecule has 1 fully saturated rings. The summed E-state index contributed by atoms with van der Waals surface area (Å²) in [5, 5.41) is 18.5. The first-order valence-corrected chi connectivity index (χ1v) is 18.2. The highest BCUT2D eigenvalue weighted by molar-refractivity contribution is 5.90. The summed E-state index contributed by atoms with van der Waals surface area (Å²) >= 11 is 0. The lowest BCUT2D eigenvalue weighted by molar-refractivity contribution is -0.136. The first-order valence-electron chi connectivity index (χ1n) is 18.2. The van der Waals surface area contributed by atoms with Gasteiger partial charge in [0, 0.05) is 36.6 Å². The summed E-state index contributed by atoms with van der Waals surface area (Å²) in [4.78, 5) is 17.3. The van der Waals surface area contributed by atoms with E-state index >= 15 is 0 Å². The van der Waals surface area contributed by atoms with Gasteiger partial charge in [0.05, 0.1) is 25.2 Å². The number of rotatable bonds is 12. The number of aromatic nitrogens is 1. The highest BCUT2D eigenvalue weighted by atomic mass is 19.1. The SMILES string of the molecule is CC(C)(C)O.Cc1nc(CCCC2CCOCC2)c(-c2ccc(OCCc3ccc(F)cc3)cc2)c(-c2ccc3c(c2)CCCO3)c1CC(=O)O. The van der Waals surface area contributed by atoms with E-state index in [0.717, 1.165) is 120 Å². The van der Waals surface area contributed by atoms with E-state index in [1.165, 1.54) is 12.1 Å². The van der Waals surface area contributed by atoms with Gasteiger partial charge >= 0.3 is 5.97 Å². The molecule has 3 heterocycles. The Morgan fingerprint density at radius 2 is 1.63 bits per heavy atom. The van der Waals surface area contributed by atoms with E-state index in [0.29, 0.717) is 25.6 Å². The predicted molar refractivity (Wildman–Crippen MR) is 199 cm³/mol. The summed E-state index contributed by atoms with van der Waals surface area (Å²) in [7, 11) is 0. The van der Waals surface area contributed by atoms with Crippen LogP contribution in [0, 0.1) is 18.7 Å². The van der Waals surface area contributed by atoms with E-state index in [1.54, 1.807) is 32.9 Å². The lowest BCUT2D eigenvalue weighted by Gasteiger charge is -2.24. The number of nitrogens with zero attached hydrogens (tertiary/aromatic N) is 1. The van der Waals surface area contributed by atoms with Crippen LogP contribution in [0.4, 0.5) is 4.39 Å². The number of aliphatic hydroxyl groups is 1. The van der Waals surface area contributed by atoms with Crippen molar-refractivity contribution in [2.24, 2.45) is 5.92 Å². The quantitative estimate of drug-likeness (QED) is 0.153. The average Bonchev–Trinajstić information content (AvgIpc) is 3.10. The zero-order valence-corrected chi connectivity index (χ0v) is 30.5. The molecule has 0 spiro atoms. The summed E-state index contributed by atoms with van der Waals surface area (Å²) < 4.78 is 30.8. The van der Waals surface area contributed by atoms with Gasteiger partial charge in [0.15, 0.2) is 0 Å². The van der Waals surface area contributed by atoms with Crippen molar-refractivity contribution in [3.63, 3.8) is 0 Å². The van der Waals surface area contributed by atoms with Gasteiger partial charge in [-0.2, -0.15) is 0 Å². The second kappa shape index (κ2) is 17.8. The number of pyridine rings is 1. The van der Waals surface area contributed by atoms with Gasteiger partial charge in [-0.3, -0.25) is 9.78 Å². The van der Waals surface area contributed by atoms with Crippen molar-refractivity contribution in [2.75, 3.05) is 26.4 Å². The van der Waals surface area contributed by atoms with E-state index in [9.17, 15) is 14.3 Å². The Morgan fingerprint density at radius 1 is 0.941 bits per heavy atom. The third-order valence-corrected chi connectivity index (χ3v) is 9.19. The van der Waals surface area contributed by atoms with Crippen LogP contribution >= 0.6 is 0 Å². The van der Waals surface area contributed by atoms with Gasteiger partial charge in [0.2, 0.25) is 0 Å². The minimum atomic E-state index is -0.879. The van der Waals surface area contributed by atoms with Crippen LogP contribution in [0.15, 0.2) is 66.7 Å². The Balaban J connectivity index is 0.000000943. The molecular formula is C43H52FNO6. The lowest BCUT2D eigenvalue weighted by atomic mass is 9.85. The minimum absolute atomic E-state index is 0.109. The second-order valence-corrected chi connectivity index (χ2v) is 14.6. The lowest BCUT2D eigenvalue weighted by Crippen LogP contribution is -2.16. The number of aliphatic carboxylic acids is 1. The molecule has 0 amide bonds. The van der Waals surface area contributed by atoms with E-state index in [2.05, 4.69) is 24.3 Å². The number of halogens is 1. The molecule has 0 unspecified atom stereocenters. The maximum absolute atomic E-state index is 13.3. The summed E-state index contributed by atoms with van der Waals surface area (Å²) in [5.41, 5.74) is 8.06. The van der Waals surface area contributed by atoms with Gasteiger partial charge in [0.25, 0.3) is 0 Å². The Kier molecular flexibility index (Phi) is 13.2. The molecule has 2 N–H and O–H groups in total. The van der Waals surface area contributed by atoms with Crippen LogP contribution in [0.25, 0.3) is 22.3 Å². The molecule has 0 bridgehead atoms. The molecule has 4 aromatic rings. The van der Waals surface area contributed by atoms with E-state index in [4.69, 9.17) is 24.3 Å². The number of fused-ring (bicyclic) bond motifs is 1. The fourth-order valence-electron chi connectivity index (χ4n) is 6.74. The first kappa shape index (κ1) is 38.0. The number of ether oxygens (including phenoxy) is 3. The number of aryl methyl sites for hydroxylation is 3. The van der Waals surface area contributed by atoms with Crippen LogP contribution in [-0.2, 0) is 35.2 Å². The maximum Gasteiger partial charge on any atom is 0.307 e. The van der Waals surface area contributed by atoms with Gasteiger partial charge in [-0.1, -0.05) is 30.3 Å². The van der Waals surface area contributed by atoms with Gasteiger partial charge in [-0.05, 0) is 148 Å². The molecule has 2 aliphatic heterocycles. The summed E-state index contributed by atoms with van der Waals surface area (Å²) in [5.74, 6) is 1.18. The monoisotopic (exact) mass is 697 g/mol. The van der Waals surface area contributed by atoms with Gasteiger partial charge < -0.3 is 24.4 Å². The Labute approximate surface area is 301 Å². The molecule has 1 saturated heterocycles. The van der Waals surface area contributed by atoms with Gasteiger partial charge in [0.1, 0.15) is 17.3 Å². The number of carboxylic acid groups (broad SMARTS) is 1. The number of carboxylic acids is 1. The molecule has 3 aromatic carbocycles. The van der Waals surface area contributed by atoms with Crippen molar-refractivity contribution in [3.8, 4) is 33.8 Å². The highest BCUT2D eigenvalue weighted by Gasteiger charge is 2.24. The maximum atomic E-state index is 13.3. The summed E-state index contributed by atoms with van der Waals surface area (Å²) in [6, 6.07) is 20.8. The molecule has 272 valence electrons. The molecule has 2 aliphatic rings. The van der Waals surface area contributed by atoms with Crippen molar-refractivity contribution in [3.05, 3.63) is 101 Å². The summed E-state index contributed by atoms with van der Waals surface area (Å²) in [6.07, 6.45) is 7.58. The molecule has 0 radical (unpaired) electrons. The zero-order valence-electron chi connectivity index (χ0n) is 30.5. The van der Waals surface area contributed by atoms with Crippen molar-refractivity contribution < 1.29 is 33.6 Å². The fraction of sp³-hybridized carbons (Fsp3) is 0.442. The van der Waals surface area contributed by atoms with Gasteiger partial charge in [-0.25, -0.2) is 4.39 Å². The highest BCUT2D eigenvalue weighted by Crippen LogP contribution is 2.42. The Morgan fingerprint density at radius 3 is 2.31 bits per heavy atom. The average molecular weight is 698 g/mol. The normalized spacial score (nSPS) is 14.5. The number of hydrogen-bond acceptors (Lipinski definition) is 6. The third kappa shape index (κ3) is 11.4. The third-order valence-electron chi connectivity index (χ3n) is 9.19. The van der Waals surface area contributed by atoms with Crippen LogP contribution in [0.3, 0.4) is 0 Å². The topological polar surface area (TPSA) is 98.1 Å². The van der Waals surface area contributed by atoms with Crippen LogP contribution in [0.2, 0.25) is 0 Å². The largest absolute Gasteiger partial charge is 0.493 e. The van der Waals surface area contributed by atoms with Crippen molar-refractivity contribution in [1.29, 1.82) is 0 Å². The molecule has 8 heteroatoms. The molecule has 7 nitrogen and oxygen atoms in total. The predicted octanol–water partition coefficient (Wildman–Crippen LogP) is 8.96. The van der Waals surface area contributed by atoms with E-state index < -0.39 is 11.6 Å². The van der Waals surface area contributed by atoms with Crippen LogP contribution in [0.1, 0.15) is 81.0 Å². The second-order valence-electron chi connectivity index (χ2n) is 14.6. The molecule has 0 saturated carbocycles. The molecule has 1 aromatic heterocycles. The molecule has 0 aliphatic carbocycles. The van der Waals surface area contributed by atoms with Crippen molar-refractivity contribution in [2.45, 2.75) is 91.1 Å². The molecule has 51 heavy (non-hydrogen) atoms. The summed E-state index contributed by atoms with van der Waals surface area (Å²) in [6.45, 7) is 10.0. The fourth-order valence-corrected chi connectivity index (χ4v) is 6.74. The van der Waals surface area contributed by atoms with Crippen molar-refractivity contribution >= 4 is 5.97 Å². The van der Waals surface area contributed by atoms with Gasteiger partial charge in [-0.15, -0.1) is 0 Å². The Bertz CT molecular complexity index is 1730. The van der Waals surface area contributed by atoms with Crippen LogP contribution in [-0.4, -0.2) is 53.2 Å². The zero-order chi connectivity index (χ0) is 36.4. The van der Waals surface area contributed by atoms with E-state index in [-0.39, 0.29) is 12.2 Å². The smallest absolute Gasteiger partial charge is 0.307 e. The Hall–Kier alpha value is -4.27. The van der Waals surface area contributed by atoms with Crippen LogP contribution < -0.4 is 9.47 Å². The molecule has 6 rings (SSSR count). The number of carbonyl (C=O) groups is 1. The number of benzene rings is 3. The van der Waals surface area contributed by atoms with Crippen LogP contribution in [0.5, 0.6) is 11.5 Å². The minimum Gasteiger partial charge on any atom is -0.493 e. The number of hydrogen-bond donors (Lipinski definition) is 2. The standard InChI is InChI=1S/C39H42FNO5.C4H10O/c1-26-34(25-37(42)43)38(31-11-16-36-30(24-31)5-3-20-46-36)39(35(41-26)6-2-4-27-17-21-44-22-18-27)29-9-14-33(15-10-29)45-23-19-28-7-12-32(40)13-8-28;1-4(2,3)5/h7-16,24,27H,2-6,17-23,25H2,1H3,(H,42,43);5H,1-3H3. The molecular weight excluding hydrogens is 645 g/mol. The van der Waals surface area contributed by atoms with Crippen molar-refractivity contribution in [1.82, 2.24) is 4.98 Å². The molecule has 0 atom stereocenters.